The third-order valence-electron chi connectivity index (χ3n) is 3.06. The molecule has 0 rings (SSSR count). The number of halogens is 1. The summed E-state index contributed by atoms with van der Waals surface area (Å²) in [4.78, 5) is 2.52. The van der Waals surface area contributed by atoms with Gasteiger partial charge in [0.1, 0.15) is 0 Å². The maximum atomic E-state index is 5.86. The molecule has 0 saturated heterocycles. The summed E-state index contributed by atoms with van der Waals surface area (Å²) in [5, 5.41) is 0. The molecule has 0 saturated carbocycles. The van der Waals surface area contributed by atoms with Crippen LogP contribution >= 0.6 is 11.6 Å². The maximum absolute atomic E-state index is 5.86. The molecule has 2 nitrogen and oxygen atoms in total. The lowest BCUT2D eigenvalue weighted by molar-refractivity contribution is 0.105. The van der Waals surface area contributed by atoms with Crippen molar-refractivity contribution in [3.05, 3.63) is 0 Å². The number of hydrogen-bond donors (Lipinski definition) is 0. The highest BCUT2D eigenvalue weighted by molar-refractivity contribution is 6.18. The fourth-order valence-corrected chi connectivity index (χ4v) is 2.27. The summed E-state index contributed by atoms with van der Waals surface area (Å²) < 4.78 is 5.13. The molecule has 1 atom stereocenters. The van der Waals surface area contributed by atoms with Crippen LogP contribution in [0.25, 0.3) is 0 Å². The Kier molecular flexibility index (Phi) is 9.57. The molecule has 0 aromatic carbocycles. The first-order valence-corrected chi connectivity index (χ1v) is 6.55. The molecular formula is C12H26ClNO. The van der Waals surface area contributed by atoms with E-state index in [2.05, 4.69) is 25.7 Å². The van der Waals surface area contributed by atoms with E-state index >= 15 is 0 Å². The van der Waals surface area contributed by atoms with Crippen LogP contribution in [0.4, 0.5) is 0 Å². The van der Waals surface area contributed by atoms with E-state index in [-0.39, 0.29) is 0 Å². The Hall–Kier alpha value is 0.210. The molecule has 3 heteroatoms. The first kappa shape index (κ1) is 15.2. The van der Waals surface area contributed by atoms with Crippen molar-refractivity contribution in [3.63, 3.8) is 0 Å². The van der Waals surface area contributed by atoms with E-state index in [9.17, 15) is 0 Å². The van der Waals surface area contributed by atoms with Gasteiger partial charge in [0.2, 0.25) is 0 Å². The number of ether oxygens (including phenoxy) is 1. The Bertz CT molecular complexity index is 140. The topological polar surface area (TPSA) is 12.5 Å². The summed E-state index contributed by atoms with van der Waals surface area (Å²) in [6.45, 7) is 8.58. The molecule has 0 amide bonds. The zero-order chi connectivity index (χ0) is 11.7. The predicted octanol–water partition coefficient (Wildman–Crippen LogP) is 3.14. The van der Waals surface area contributed by atoms with Gasteiger partial charge in [0, 0.05) is 38.2 Å². The average Bonchev–Trinajstić information content (AvgIpc) is 2.26. The molecule has 0 aliphatic rings. The van der Waals surface area contributed by atoms with Gasteiger partial charge in [-0.1, -0.05) is 13.8 Å². The number of rotatable bonds is 9. The highest BCUT2D eigenvalue weighted by Gasteiger charge is 2.19. The van der Waals surface area contributed by atoms with Crippen LogP contribution in [0.3, 0.4) is 0 Å². The van der Waals surface area contributed by atoms with E-state index in [4.69, 9.17) is 16.3 Å². The van der Waals surface area contributed by atoms with Crippen LogP contribution in [0.1, 0.15) is 40.0 Å². The molecular weight excluding hydrogens is 210 g/mol. The number of alkyl halides is 1. The SMILES string of the molecule is CCC(CC)N(CCCl)C(C)CCOC. The van der Waals surface area contributed by atoms with Gasteiger partial charge in [0.25, 0.3) is 0 Å². The van der Waals surface area contributed by atoms with Gasteiger partial charge in [0.15, 0.2) is 0 Å². The van der Waals surface area contributed by atoms with Gasteiger partial charge in [-0.25, -0.2) is 0 Å². The van der Waals surface area contributed by atoms with Gasteiger partial charge >= 0.3 is 0 Å². The monoisotopic (exact) mass is 235 g/mol. The summed E-state index contributed by atoms with van der Waals surface area (Å²) in [6, 6.07) is 1.23. The van der Waals surface area contributed by atoms with Crippen LogP contribution in [0.15, 0.2) is 0 Å². The molecule has 0 fully saturated rings. The summed E-state index contributed by atoms with van der Waals surface area (Å²) >= 11 is 5.86. The van der Waals surface area contributed by atoms with E-state index in [0.29, 0.717) is 18.0 Å². The molecule has 0 aromatic rings. The molecule has 0 aliphatic heterocycles. The van der Waals surface area contributed by atoms with Crippen molar-refractivity contribution in [1.29, 1.82) is 0 Å². The van der Waals surface area contributed by atoms with Crippen LogP contribution in [-0.4, -0.2) is 43.1 Å². The van der Waals surface area contributed by atoms with E-state index in [1.807, 2.05) is 0 Å². The second kappa shape index (κ2) is 9.44. The van der Waals surface area contributed by atoms with Crippen LogP contribution in [-0.2, 0) is 4.74 Å². The quantitative estimate of drug-likeness (QED) is 0.570. The normalized spacial score (nSPS) is 13.8. The molecule has 0 aliphatic carbocycles. The molecule has 0 heterocycles. The largest absolute Gasteiger partial charge is 0.385 e. The smallest absolute Gasteiger partial charge is 0.0477 e. The van der Waals surface area contributed by atoms with Gasteiger partial charge in [0.05, 0.1) is 0 Å². The standard InChI is InChI=1S/C12H26ClNO/c1-5-12(6-2)14(9-8-13)11(3)7-10-15-4/h11-12H,5-10H2,1-4H3. The van der Waals surface area contributed by atoms with Crippen molar-refractivity contribution in [1.82, 2.24) is 4.90 Å². The van der Waals surface area contributed by atoms with E-state index in [1.165, 1.54) is 12.8 Å². The zero-order valence-electron chi connectivity index (χ0n) is 10.6. The minimum atomic E-state index is 0.564. The second-order valence-electron chi connectivity index (χ2n) is 4.03. The summed E-state index contributed by atoms with van der Waals surface area (Å²) in [5.41, 5.74) is 0. The maximum Gasteiger partial charge on any atom is 0.0477 e. The van der Waals surface area contributed by atoms with Crippen molar-refractivity contribution < 1.29 is 4.74 Å². The van der Waals surface area contributed by atoms with Crippen LogP contribution in [0, 0.1) is 0 Å². The number of nitrogens with zero attached hydrogens (tertiary/aromatic N) is 1. The fraction of sp³-hybridized carbons (Fsp3) is 1.00. The van der Waals surface area contributed by atoms with Crippen LogP contribution in [0.5, 0.6) is 0 Å². The molecule has 0 spiro atoms. The Morgan fingerprint density at radius 2 is 1.87 bits per heavy atom. The minimum Gasteiger partial charge on any atom is -0.385 e. The first-order chi connectivity index (χ1) is 7.21. The van der Waals surface area contributed by atoms with Gasteiger partial charge in [-0.05, 0) is 26.2 Å². The van der Waals surface area contributed by atoms with Crippen LogP contribution in [0.2, 0.25) is 0 Å². The Balaban J connectivity index is 4.20. The average molecular weight is 236 g/mol. The molecule has 1 unspecified atom stereocenters. The lowest BCUT2D eigenvalue weighted by Gasteiger charge is -2.35. The number of methoxy groups -OCH3 is 1. The summed E-state index contributed by atoms with van der Waals surface area (Å²) in [5.74, 6) is 0.716. The van der Waals surface area contributed by atoms with Crippen molar-refractivity contribution in [3.8, 4) is 0 Å². The minimum absolute atomic E-state index is 0.564. The molecule has 92 valence electrons. The number of hydrogen-bond acceptors (Lipinski definition) is 2. The Morgan fingerprint density at radius 1 is 1.27 bits per heavy atom. The zero-order valence-corrected chi connectivity index (χ0v) is 11.4. The fourth-order valence-electron chi connectivity index (χ4n) is 2.07. The van der Waals surface area contributed by atoms with E-state index < -0.39 is 0 Å². The van der Waals surface area contributed by atoms with E-state index in [0.717, 1.165) is 19.6 Å². The Labute approximate surface area is 99.9 Å². The lowest BCUT2D eigenvalue weighted by Crippen LogP contribution is -2.43. The molecule has 0 radical (unpaired) electrons. The van der Waals surface area contributed by atoms with Crippen molar-refractivity contribution in [2.75, 3.05) is 26.1 Å². The van der Waals surface area contributed by atoms with Gasteiger partial charge in [-0.15, -0.1) is 11.6 Å². The van der Waals surface area contributed by atoms with E-state index in [1.54, 1.807) is 7.11 Å². The van der Waals surface area contributed by atoms with Gasteiger partial charge in [-0.3, -0.25) is 4.90 Å². The summed E-state index contributed by atoms with van der Waals surface area (Å²) in [7, 11) is 1.76. The predicted molar refractivity (Wildman–Crippen MR) is 67.8 cm³/mol. The highest BCUT2D eigenvalue weighted by atomic mass is 35.5. The van der Waals surface area contributed by atoms with Crippen molar-refractivity contribution in [2.24, 2.45) is 0 Å². The molecule has 0 aromatic heterocycles. The third kappa shape index (κ3) is 5.74. The summed E-state index contributed by atoms with van der Waals surface area (Å²) in [6.07, 6.45) is 3.49. The van der Waals surface area contributed by atoms with Crippen molar-refractivity contribution in [2.45, 2.75) is 52.1 Å². The van der Waals surface area contributed by atoms with Gasteiger partial charge < -0.3 is 4.74 Å². The first-order valence-electron chi connectivity index (χ1n) is 6.01. The van der Waals surface area contributed by atoms with Crippen LogP contribution < -0.4 is 0 Å². The Morgan fingerprint density at radius 3 is 2.27 bits per heavy atom. The lowest BCUT2D eigenvalue weighted by atomic mass is 10.1. The molecule has 0 N–H and O–H groups in total. The second-order valence-corrected chi connectivity index (χ2v) is 4.41. The van der Waals surface area contributed by atoms with Crippen molar-refractivity contribution >= 4 is 11.6 Å². The van der Waals surface area contributed by atoms with Gasteiger partial charge in [-0.2, -0.15) is 0 Å². The molecule has 15 heavy (non-hydrogen) atoms. The molecule has 0 bridgehead atoms. The highest BCUT2D eigenvalue weighted by Crippen LogP contribution is 2.14. The third-order valence-corrected chi connectivity index (χ3v) is 3.23.